The fourth-order valence-electron chi connectivity index (χ4n) is 4.62. The number of ether oxygens (including phenoxy) is 1. The Morgan fingerprint density at radius 3 is 2.42 bits per heavy atom. The molecule has 1 unspecified atom stereocenters. The first-order valence-corrected chi connectivity index (χ1v) is 16.7. The maximum absolute atomic E-state index is 13.7. The summed E-state index contributed by atoms with van der Waals surface area (Å²) in [6.07, 6.45) is 0.0333. The molecule has 0 aliphatic carbocycles. The van der Waals surface area contributed by atoms with Crippen LogP contribution in [0.2, 0.25) is 0 Å². The minimum absolute atomic E-state index is 0.0758. The Bertz CT molecular complexity index is 1540. The first-order valence-electron chi connectivity index (χ1n) is 14.9. The third-order valence-electron chi connectivity index (χ3n) is 7.18. The number of aromatic nitrogens is 2. The lowest BCUT2D eigenvalue weighted by molar-refractivity contribution is -0.769. The molecule has 0 radical (unpaired) electrons. The zero-order valence-electron chi connectivity index (χ0n) is 27.6. The summed E-state index contributed by atoms with van der Waals surface area (Å²) in [4.78, 5) is 51.1. The van der Waals surface area contributed by atoms with Gasteiger partial charge >= 0.3 is 5.97 Å². The van der Waals surface area contributed by atoms with E-state index < -0.39 is 63.7 Å². The Balaban J connectivity index is 2.12. The number of aliphatic hydroxyl groups is 2. The molecule has 48 heavy (non-hydrogen) atoms. The van der Waals surface area contributed by atoms with Crippen LogP contribution in [-0.4, -0.2) is 84.5 Å². The molecule has 0 saturated heterocycles. The van der Waals surface area contributed by atoms with Gasteiger partial charge in [-0.1, -0.05) is 39.8 Å². The lowest BCUT2D eigenvalue weighted by Crippen LogP contribution is -2.30. The standard InChI is InChI=1S/C30H42FN5O11S/c1-19(2)27-25(28(20-7-9-21(31)10-8-20)33-29(32-27)35(5)48(6,43)44)12-11-22(37)15-23(38)16-26(39)45-14-13-30(3,4)17-24(18-46-34-40)47-36(41)42/h7-12,19,22-24,37-38H,13-18H2,1-6H3/b12-11+/t22-,23-,24?/m1/s1. The Hall–Kier alpha value is -4.29. The molecule has 1 aromatic carbocycles. The molecule has 3 atom stereocenters. The molecule has 2 rings (SSSR count). The Morgan fingerprint density at radius 1 is 1.21 bits per heavy atom. The number of nitrogens with zero attached hydrogens (tertiary/aromatic N) is 5. The monoisotopic (exact) mass is 699 g/mol. The number of aliphatic hydroxyl groups excluding tert-OH is 2. The van der Waals surface area contributed by atoms with Gasteiger partial charge in [-0.05, 0) is 48.4 Å². The lowest BCUT2D eigenvalue weighted by Gasteiger charge is -2.27. The number of benzene rings is 1. The van der Waals surface area contributed by atoms with Crippen LogP contribution >= 0.6 is 0 Å². The van der Waals surface area contributed by atoms with Crippen molar-refractivity contribution in [3.05, 3.63) is 62.4 Å². The number of esters is 1. The van der Waals surface area contributed by atoms with Gasteiger partial charge in [-0.2, -0.15) is 0 Å². The maximum Gasteiger partial charge on any atom is 0.308 e. The zero-order chi connectivity index (χ0) is 36.2. The van der Waals surface area contributed by atoms with Gasteiger partial charge in [0.15, 0.2) is 5.34 Å². The molecule has 0 aliphatic heterocycles. The van der Waals surface area contributed by atoms with Crippen LogP contribution in [0.3, 0.4) is 0 Å². The van der Waals surface area contributed by atoms with Crippen LogP contribution in [-0.2, 0) is 29.2 Å². The molecule has 1 heterocycles. The van der Waals surface area contributed by atoms with Crippen LogP contribution in [0.5, 0.6) is 0 Å². The number of carbonyl (C=O) groups is 1. The van der Waals surface area contributed by atoms with E-state index in [-0.39, 0.29) is 37.7 Å². The average molecular weight is 700 g/mol. The number of carbonyl (C=O) groups excluding carboxylic acids is 1. The number of hydrogen-bond acceptors (Lipinski definition) is 14. The molecule has 0 saturated carbocycles. The Kier molecular flexibility index (Phi) is 14.7. The van der Waals surface area contributed by atoms with E-state index >= 15 is 0 Å². The predicted octanol–water partition coefficient (Wildman–Crippen LogP) is 3.94. The summed E-state index contributed by atoms with van der Waals surface area (Å²) in [5.41, 5.74) is 1.03. The van der Waals surface area contributed by atoms with Gasteiger partial charge in [0.1, 0.15) is 18.5 Å². The average Bonchev–Trinajstić information content (AvgIpc) is 2.97. The molecule has 0 aliphatic rings. The smallest absolute Gasteiger partial charge is 0.308 e. The SMILES string of the molecule is CC(C)c1nc(N(C)S(C)(=O)=O)nc(-c2ccc(F)cc2)c1/C=C/[C@@H](O)C[C@@H](O)CC(=O)OCCC(C)(C)CC(CON=O)O[N+](=O)[O-]. The van der Waals surface area contributed by atoms with Crippen molar-refractivity contribution in [3.8, 4) is 11.3 Å². The predicted molar refractivity (Wildman–Crippen MR) is 173 cm³/mol. The summed E-state index contributed by atoms with van der Waals surface area (Å²) in [6, 6.07) is 5.42. The van der Waals surface area contributed by atoms with Crippen molar-refractivity contribution in [1.82, 2.24) is 9.97 Å². The van der Waals surface area contributed by atoms with Crippen molar-refractivity contribution in [2.75, 3.05) is 30.8 Å². The van der Waals surface area contributed by atoms with Gasteiger partial charge in [-0.25, -0.2) is 27.1 Å². The Morgan fingerprint density at radius 2 is 1.85 bits per heavy atom. The summed E-state index contributed by atoms with van der Waals surface area (Å²) in [7, 11) is -2.40. The molecule has 0 amide bonds. The maximum atomic E-state index is 13.7. The minimum Gasteiger partial charge on any atom is -0.466 e. The second kappa shape index (κ2) is 17.7. The molecule has 1 aromatic heterocycles. The first-order chi connectivity index (χ1) is 22.3. The third kappa shape index (κ3) is 13.1. The van der Waals surface area contributed by atoms with Gasteiger partial charge in [-0.3, -0.25) is 4.79 Å². The minimum atomic E-state index is -3.71. The van der Waals surface area contributed by atoms with Crippen molar-refractivity contribution < 1.29 is 47.3 Å². The fraction of sp³-hybridized carbons (Fsp3) is 0.567. The normalized spacial score (nSPS) is 14.0. The summed E-state index contributed by atoms with van der Waals surface area (Å²) in [6.45, 7) is 6.66. The van der Waals surface area contributed by atoms with Crippen molar-refractivity contribution in [3.63, 3.8) is 0 Å². The molecule has 266 valence electrons. The van der Waals surface area contributed by atoms with E-state index in [9.17, 15) is 42.8 Å². The second-order valence-electron chi connectivity index (χ2n) is 12.2. The fourth-order valence-corrected chi connectivity index (χ4v) is 4.99. The van der Waals surface area contributed by atoms with Crippen molar-refractivity contribution in [1.29, 1.82) is 0 Å². The Labute approximate surface area is 278 Å². The first kappa shape index (κ1) is 39.9. The highest BCUT2D eigenvalue weighted by Crippen LogP contribution is 2.32. The van der Waals surface area contributed by atoms with Crippen LogP contribution < -0.4 is 4.31 Å². The quantitative estimate of drug-likeness (QED) is 0.0866. The van der Waals surface area contributed by atoms with Crippen LogP contribution in [0.25, 0.3) is 17.3 Å². The topological polar surface area (TPSA) is 221 Å². The van der Waals surface area contributed by atoms with Crippen LogP contribution in [0.4, 0.5) is 10.3 Å². The number of halogens is 1. The van der Waals surface area contributed by atoms with E-state index in [1.807, 2.05) is 13.8 Å². The van der Waals surface area contributed by atoms with Gasteiger partial charge < -0.3 is 24.6 Å². The summed E-state index contributed by atoms with van der Waals surface area (Å²) >= 11 is 0. The molecule has 2 aromatic rings. The van der Waals surface area contributed by atoms with Crippen LogP contribution in [0, 0.1) is 26.3 Å². The van der Waals surface area contributed by atoms with E-state index in [1.54, 1.807) is 13.8 Å². The van der Waals surface area contributed by atoms with Crippen molar-refractivity contribution >= 4 is 28.0 Å². The summed E-state index contributed by atoms with van der Waals surface area (Å²) in [5, 5.41) is 33.1. The highest BCUT2D eigenvalue weighted by atomic mass is 32.2. The molecule has 18 heteroatoms. The summed E-state index contributed by atoms with van der Waals surface area (Å²) in [5.74, 6) is -1.54. The summed E-state index contributed by atoms with van der Waals surface area (Å²) < 4.78 is 44.3. The molecule has 0 bridgehead atoms. The second-order valence-corrected chi connectivity index (χ2v) is 14.3. The zero-order valence-corrected chi connectivity index (χ0v) is 28.4. The highest BCUT2D eigenvalue weighted by Gasteiger charge is 2.28. The van der Waals surface area contributed by atoms with Gasteiger partial charge in [0.05, 0.1) is 42.9 Å². The molecule has 16 nitrogen and oxygen atoms in total. The third-order valence-corrected chi connectivity index (χ3v) is 8.34. The molecular formula is C30H42FN5O11S. The number of anilines is 1. The van der Waals surface area contributed by atoms with Gasteiger partial charge in [0.2, 0.25) is 16.0 Å². The van der Waals surface area contributed by atoms with Crippen LogP contribution in [0.1, 0.15) is 70.6 Å². The van der Waals surface area contributed by atoms with E-state index in [0.29, 0.717) is 22.5 Å². The van der Waals surface area contributed by atoms with Crippen molar-refractivity contribution in [2.24, 2.45) is 10.8 Å². The lowest BCUT2D eigenvalue weighted by atomic mass is 9.84. The largest absolute Gasteiger partial charge is 0.466 e. The van der Waals surface area contributed by atoms with E-state index in [2.05, 4.69) is 25.0 Å². The van der Waals surface area contributed by atoms with E-state index in [1.165, 1.54) is 43.5 Å². The number of hydrogen-bond donors (Lipinski definition) is 2. The molecular weight excluding hydrogens is 657 g/mol. The van der Waals surface area contributed by atoms with Crippen molar-refractivity contribution in [2.45, 2.75) is 77.6 Å². The van der Waals surface area contributed by atoms with Crippen LogP contribution in [0.15, 0.2) is 35.7 Å². The molecule has 0 fully saturated rings. The van der Waals surface area contributed by atoms with E-state index in [4.69, 9.17) is 4.74 Å². The molecule has 2 N–H and O–H groups in total. The van der Waals surface area contributed by atoms with E-state index in [0.717, 1.165) is 10.6 Å². The number of rotatable bonds is 20. The van der Waals surface area contributed by atoms with Gasteiger partial charge in [-0.15, -0.1) is 15.0 Å². The highest BCUT2D eigenvalue weighted by molar-refractivity contribution is 7.92. The number of sulfonamides is 1. The van der Waals surface area contributed by atoms with Gasteiger partial charge in [0.25, 0.3) is 5.09 Å². The van der Waals surface area contributed by atoms with Gasteiger partial charge in [0, 0.05) is 24.6 Å². The molecule has 0 spiro atoms.